The minimum absolute atomic E-state index is 0.0142. The molecule has 0 spiro atoms. The lowest BCUT2D eigenvalue weighted by Gasteiger charge is -2.25. The molecule has 3 N–H and O–H groups in total. The fraction of sp³-hybridized carbons (Fsp3) is 0.438. The lowest BCUT2D eigenvalue weighted by atomic mass is 9.99. The minimum atomic E-state index is -0.897. The van der Waals surface area contributed by atoms with Gasteiger partial charge in [-0.3, -0.25) is 9.59 Å². The van der Waals surface area contributed by atoms with E-state index in [1.807, 2.05) is 0 Å². The lowest BCUT2D eigenvalue weighted by molar-refractivity contribution is -0.137. The van der Waals surface area contributed by atoms with Crippen molar-refractivity contribution in [2.24, 2.45) is 0 Å². The summed E-state index contributed by atoms with van der Waals surface area (Å²) in [6.07, 6.45) is 0.317. The van der Waals surface area contributed by atoms with Crippen molar-refractivity contribution in [3.8, 4) is 0 Å². The number of carboxylic acid groups (broad SMARTS) is 1. The second-order valence-corrected chi connectivity index (χ2v) is 5.94. The lowest BCUT2D eigenvalue weighted by Crippen LogP contribution is -2.45. The Bertz CT molecular complexity index is 594. The SMILES string of the molecule is CC(=O)c1ccc(NC(=O)NC(C)(C)CCC(=O)O)cc1C. The van der Waals surface area contributed by atoms with E-state index in [9.17, 15) is 14.4 Å². The molecule has 0 radical (unpaired) electrons. The van der Waals surface area contributed by atoms with Crippen LogP contribution in [0, 0.1) is 6.92 Å². The van der Waals surface area contributed by atoms with Crippen LogP contribution in [0.3, 0.4) is 0 Å². The van der Waals surface area contributed by atoms with E-state index in [0.717, 1.165) is 5.56 Å². The summed E-state index contributed by atoms with van der Waals surface area (Å²) in [7, 11) is 0. The van der Waals surface area contributed by atoms with Crippen molar-refractivity contribution < 1.29 is 19.5 Å². The molecule has 0 bridgehead atoms. The number of benzene rings is 1. The van der Waals surface area contributed by atoms with Gasteiger partial charge in [-0.25, -0.2) is 4.79 Å². The maximum atomic E-state index is 12.0. The van der Waals surface area contributed by atoms with Crippen molar-refractivity contribution in [1.29, 1.82) is 0 Å². The maximum Gasteiger partial charge on any atom is 0.319 e. The summed E-state index contributed by atoms with van der Waals surface area (Å²) in [5.41, 5.74) is 1.36. The smallest absolute Gasteiger partial charge is 0.319 e. The number of aryl methyl sites for hydroxylation is 1. The van der Waals surface area contributed by atoms with Gasteiger partial charge < -0.3 is 15.7 Å². The van der Waals surface area contributed by atoms with Crippen LogP contribution in [0.1, 0.15) is 49.5 Å². The van der Waals surface area contributed by atoms with Crippen molar-refractivity contribution in [3.05, 3.63) is 29.3 Å². The van der Waals surface area contributed by atoms with E-state index in [-0.39, 0.29) is 12.2 Å². The first kappa shape index (κ1) is 17.7. The number of ketones is 1. The molecule has 0 heterocycles. The molecule has 0 saturated carbocycles. The minimum Gasteiger partial charge on any atom is -0.481 e. The molecule has 0 fully saturated rings. The van der Waals surface area contributed by atoms with Crippen molar-refractivity contribution in [2.75, 3.05) is 5.32 Å². The van der Waals surface area contributed by atoms with Gasteiger partial charge in [-0.1, -0.05) is 0 Å². The third-order valence-corrected chi connectivity index (χ3v) is 3.28. The summed E-state index contributed by atoms with van der Waals surface area (Å²) >= 11 is 0. The van der Waals surface area contributed by atoms with Crippen LogP contribution in [0.15, 0.2) is 18.2 Å². The second-order valence-electron chi connectivity index (χ2n) is 5.94. The number of Topliss-reactive ketones (excluding diaryl/α,β-unsaturated/α-hetero) is 1. The van der Waals surface area contributed by atoms with Crippen LogP contribution in [0.25, 0.3) is 0 Å². The number of carboxylic acids is 1. The van der Waals surface area contributed by atoms with Crippen LogP contribution in [0.4, 0.5) is 10.5 Å². The molecule has 0 aliphatic carbocycles. The van der Waals surface area contributed by atoms with Gasteiger partial charge in [0, 0.05) is 23.2 Å². The first-order valence-electron chi connectivity index (χ1n) is 7.03. The molecule has 22 heavy (non-hydrogen) atoms. The first-order chi connectivity index (χ1) is 10.1. The summed E-state index contributed by atoms with van der Waals surface area (Å²) in [5.74, 6) is -0.922. The number of urea groups is 1. The van der Waals surface area contributed by atoms with Crippen molar-refractivity contribution in [3.63, 3.8) is 0 Å². The summed E-state index contributed by atoms with van der Waals surface area (Å²) in [4.78, 5) is 33.9. The Morgan fingerprint density at radius 2 is 1.86 bits per heavy atom. The normalized spacial score (nSPS) is 10.9. The Labute approximate surface area is 129 Å². The number of rotatable bonds is 6. The van der Waals surface area contributed by atoms with E-state index in [1.54, 1.807) is 39.0 Å². The number of carbonyl (C=O) groups excluding carboxylic acids is 2. The molecular formula is C16H22N2O4. The molecule has 0 atom stereocenters. The Morgan fingerprint density at radius 1 is 1.23 bits per heavy atom. The van der Waals surface area contributed by atoms with E-state index >= 15 is 0 Å². The Morgan fingerprint density at radius 3 is 2.36 bits per heavy atom. The third kappa shape index (κ3) is 5.55. The molecule has 0 aliphatic rings. The standard InChI is InChI=1S/C16H22N2O4/c1-10-9-12(5-6-13(10)11(2)19)17-15(22)18-16(3,4)8-7-14(20)21/h5-6,9H,7-8H2,1-4H3,(H,20,21)(H2,17,18,22). The second kappa shape index (κ2) is 7.06. The maximum absolute atomic E-state index is 12.0. The van der Waals surface area contributed by atoms with E-state index < -0.39 is 17.5 Å². The van der Waals surface area contributed by atoms with Crippen LogP contribution in [-0.4, -0.2) is 28.4 Å². The summed E-state index contributed by atoms with van der Waals surface area (Å²) in [6.45, 7) is 6.82. The molecule has 0 aromatic heterocycles. The molecule has 1 aromatic rings. The van der Waals surface area contributed by atoms with Gasteiger partial charge in [0.15, 0.2) is 5.78 Å². The van der Waals surface area contributed by atoms with Gasteiger partial charge in [-0.15, -0.1) is 0 Å². The van der Waals surface area contributed by atoms with Gasteiger partial charge in [0.2, 0.25) is 0 Å². The highest BCUT2D eigenvalue weighted by Crippen LogP contribution is 2.16. The molecule has 0 unspecified atom stereocenters. The summed E-state index contributed by atoms with van der Waals surface area (Å²) < 4.78 is 0. The number of hydrogen-bond donors (Lipinski definition) is 3. The quantitative estimate of drug-likeness (QED) is 0.704. The van der Waals surface area contributed by atoms with Gasteiger partial charge >= 0.3 is 12.0 Å². The predicted octanol–water partition coefficient (Wildman–Crippen LogP) is 2.96. The number of amides is 2. The number of aliphatic carboxylic acids is 1. The Hall–Kier alpha value is -2.37. The summed E-state index contributed by atoms with van der Waals surface area (Å²) in [5, 5.41) is 14.1. The Balaban J connectivity index is 2.67. The molecule has 2 amide bonds. The number of anilines is 1. The largest absolute Gasteiger partial charge is 0.481 e. The van der Waals surface area contributed by atoms with Crippen LogP contribution < -0.4 is 10.6 Å². The van der Waals surface area contributed by atoms with E-state index in [1.165, 1.54) is 6.92 Å². The molecule has 6 nitrogen and oxygen atoms in total. The fourth-order valence-electron chi connectivity index (χ4n) is 2.09. The molecule has 120 valence electrons. The van der Waals surface area contributed by atoms with Gasteiger partial charge in [0.25, 0.3) is 0 Å². The zero-order chi connectivity index (χ0) is 16.9. The van der Waals surface area contributed by atoms with E-state index in [2.05, 4.69) is 10.6 Å². The van der Waals surface area contributed by atoms with Gasteiger partial charge in [-0.05, 0) is 57.9 Å². The molecule has 1 aromatic carbocycles. The van der Waals surface area contributed by atoms with Gasteiger partial charge in [-0.2, -0.15) is 0 Å². The molecule has 0 aliphatic heterocycles. The van der Waals surface area contributed by atoms with Crippen LogP contribution in [-0.2, 0) is 4.79 Å². The first-order valence-corrected chi connectivity index (χ1v) is 7.03. The van der Waals surface area contributed by atoms with Crippen molar-refractivity contribution in [1.82, 2.24) is 5.32 Å². The predicted molar refractivity (Wildman–Crippen MR) is 84.3 cm³/mol. The van der Waals surface area contributed by atoms with E-state index in [4.69, 9.17) is 5.11 Å². The Kier molecular flexibility index (Phi) is 5.68. The molecular weight excluding hydrogens is 284 g/mol. The zero-order valence-corrected chi connectivity index (χ0v) is 13.3. The molecule has 0 saturated heterocycles. The number of hydrogen-bond acceptors (Lipinski definition) is 3. The number of nitrogens with one attached hydrogen (secondary N) is 2. The highest BCUT2D eigenvalue weighted by atomic mass is 16.4. The highest BCUT2D eigenvalue weighted by Gasteiger charge is 2.21. The van der Waals surface area contributed by atoms with Crippen LogP contribution in [0.5, 0.6) is 0 Å². The zero-order valence-electron chi connectivity index (χ0n) is 13.3. The highest BCUT2D eigenvalue weighted by molar-refractivity contribution is 5.97. The van der Waals surface area contributed by atoms with Gasteiger partial charge in [0.05, 0.1) is 0 Å². The van der Waals surface area contributed by atoms with Crippen LogP contribution >= 0.6 is 0 Å². The van der Waals surface area contributed by atoms with Crippen LogP contribution in [0.2, 0.25) is 0 Å². The summed E-state index contributed by atoms with van der Waals surface area (Å²) in [6, 6.07) is 4.64. The molecule has 6 heteroatoms. The average molecular weight is 306 g/mol. The van der Waals surface area contributed by atoms with Gasteiger partial charge in [0.1, 0.15) is 0 Å². The third-order valence-electron chi connectivity index (χ3n) is 3.28. The fourth-order valence-corrected chi connectivity index (χ4v) is 2.09. The van der Waals surface area contributed by atoms with Crippen molar-refractivity contribution >= 4 is 23.5 Å². The van der Waals surface area contributed by atoms with Crippen molar-refractivity contribution in [2.45, 2.75) is 46.1 Å². The van der Waals surface area contributed by atoms with E-state index in [0.29, 0.717) is 17.7 Å². The molecule has 1 rings (SSSR count). The average Bonchev–Trinajstić information content (AvgIpc) is 2.35. The topological polar surface area (TPSA) is 95.5 Å². The number of carbonyl (C=O) groups is 3. The monoisotopic (exact) mass is 306 g/mol.